The molecule has 1 aromatic carbocycles. The molecule has 0 bridgehead atoms. The van der Waals surface area contributed by atoms with E-state index in [9.17, 15) is 4.79 Å². The Balaban J connectivity index is 2.48. The molecular weight excluding hydrogens is 230 g/mol. The third-order valence-corrected chi connectivity index (χ3v) is 3.45. The maximum absolute atomic E-state index is 11.8. The molecule has 1 aromatic rings. The number of thioether (sulfide) groups is 1. The van der Waals surface area contributed by atoms with Crippen LogP contribution in [0.3, 0.4) is 0 Å². The van der Waals surface area contributed by atoms with Gasteiger partial charge in [0.1, 0.15) is 0 Å². The quantitative estimate of drug-likeness (QED) is 0.814. The van der Waals surface area contributed by atoms with Crippen molar-refractivity contribution in [2.45, 2.75) is 37.8 Å². The zero-order valence-corrected chi connectivity index (χ0v) is 11.8. The van der Waals surface area contributed by atoms with Crippen LogP contribution in [0.4, 0.5) is 0 Å². The standard InChI is InChI=1S/C14H21NOS/c1-10(2)9-15-14(16)12(4)17-13-7-5-6-11(3)8-13/h5-8,10,12H,9H2,1-4H3,(H,15,16). The SMILES string of the molecule is Cc1cccc(SC(C)C(=O)NCC(C)C)c1. The van der Waals surface area contributed by atoms with Gasteiger partial charge in [0.2, 0.25) is 5.91 Å². The summed E-state index contributed by atoms with van der Waals surface area (Å²) in [5.74, 6) is 0.611. The number of benzene rings is 1. The number of hydrogen-bond donors (Lipinski definition) is 1. The van der Waals surface area contributed by atoms with Gasteiger partial charge in [-0.3, -0.25) is 4.79 Å². The summed E-state index contributed by atoms with van der Waals surface area (Å²) in [6.45, 7) is 8.95. The summed E-state index contributed by atoms with van der Waals surface area (Å²) in [7, 11) is 0. The van der Waals surface area contributed by atoms with Gasteiger partial charge in [0.15, 0.2) is 0 Å². The average Bonchev–Trinajstić information content (AvgIpc) is 2.25. The summed E-state index contributed by atoms with van der Waals surface area (Å²) in [5.41, 5.74) is 1.23. The van der Waals surface area contributed by atoms with Crippen LogP contribution in [0.1, 0.15) is 26.3 Å². The van der Waals surface area contributed by atoms with Crippen LogP contribution in [0.25, 0.3) is 0 Å². The highest BCUT2D eigenvalue weighted by atomic mass is 32.2. The van der Waals surface area contributed by atoms with Crippen molar-refractivity contribution in [3.63, 3.8) is 0 Å². The lowest BCUT2D eigenvalue weighted by atomic mass is 10.2. The first-order valence-corrected chi connectivity index (χ1v) is 6.88. The first-order chi connectivity index (χ1) is 7.99. The Morgan fingerprint density at radius 3 is 2.65 bits per heavy atom. The minimum atomic E-state index is -0.0458. The maximum Gasteiger partial charge on any atom is 0.233 e. The van der Waals surface area contributed by atoms with Crippen LogP contribution in [-0.2, 0) is 4.79 Å². The lowest BCUT2D eigenvalue weighted by Crippen LogP contribution is -2.33. The molecule has 1 unspecified atom stereocenters. The van der Waals surface area contributed by atoms with Crippen LogP contribution < -0.4 is 5.32 Å². The number of carbonyl (C=O) groups is 1. The largest absolute Gasteiger partial charge is 0.355 e. The van der Waals surface area contributed by atoms with Gasteiger partial charge in [0.25, 0.3) is 0 Å². The molecule has 1 atom stereocenters. The Hall–Kier alpha value is -0.960. The fraction of sp³-hybridized carbons (Fsp3) is 0.500. The summed E-state index contributed by atoms with van der Waals surface area (Å²) < 4.78 is 0. The number of hydrogen-bond acceptors (Lipinski definition) is 2. The molecule has 94 valence electrons. The smallest absolute Gasteiger partial charge is 0.233 e. The van der Waals surface area contributed by atoms with Gasteiger partial charge in [-0.2, -0.15) is 0 Å². The molecule has 1 rings (SSSR count). The van der Waals surface area contributed by atoms with Crippen LogP contribution in [0.5, 0.6) is 0 Å². The summed E-state index contributed by atoms with van der Waals surface area (Å²) >= 11 is 1.61. The summed E-state index contributed by atoms with van der Waals surface area (Å²) in [6.07, 6.45) is 0. The van der Waals surface area contributed by atoms with Crippen molar-refractivity contribution >= 4 is 17.7 Å². The predicted molar refractivity (Wildman–Crippen MR) is 74.3 cm³/mol. The molecule has 0 heterocycles. The molecule has 3 heteroatoms. The van der Waals surface area contributed by atoms with Gasteiger partial charge in [0.05, 0.1) is 5.25 Å². The van der Waals surface area contributed by atoms with Crippen molar-refractivity contribution in [3.05, 3.63) is 29.8 Å². The Morgan fingerprint density at radius 2 is 2.06 bits per heavy atom. The zero-order valence-electron chi connectivity index (χ0n) is 11.0. The Kier molecular flexibility index (Phi) is 5.56. The fourth-order valence-electron chi connectivity index (χ4n) is 1.39. The topological polar surface area (TPSA) is 29.1 Å². The van der Waals surface area contributed by atoms with E-state index in [1.165, 1.54) is 5.56 Å². The highest BCUT2D eigenvalue weighted by Gasteiger charge is 2.14. The van der Waals surface area contributed by atoms with Crippen LogP contribution in [0.15, 0.2) is 29.2 Å². The van der Waals surface area contributed by atoms with Gasteiger partial charge in [-0.15, -0.1) is 11.8 Å². The van der Waals surface area contributed by atoms with Gasteiger partial charge in [0, 0.05) is 11.4 Å². The molecule has 0 saturated heterocycles. The van der Waals surface area contributed by atoms with E-state index in [4.69, 9.17) is 0 Å². The van der Waals surface area contributed by atoms with Gasteiger partial charge in [-0.25, -0.2) is 0 Å². The first kappa shape index (κ1) is 14.1. The molecule has 17 heavy (non-hydrogen) atoms. The van der Waals surface area contributed by atoms with Gasteiger partial charge >= 0.3 is 0 Å². The molecule has 0 radical (unpaired) electrons. The normalized spacial score (nSPS) is 12.5. The fourth-order valence-corrected chi connectivity index (χ4v) is 2.40. The highest BCUT2D eigenvalue weighted by molar-refractivity contribution is 8.00. The third-order valence-electron chi connectivity index (χ3n) is 2.36. The van der Waals surface area contributed by atoms with E-state index in [0.717, 1.165) is 11.4 Å². The van der Waals surface area contributed by atoms with Crippen molar-refractivity contribution in [2.24, 2.45) is 5.92 Å². The molecule has 2 nitrogen and oxygen atoms in total. The van der Waals surface area contributed by atoms with Gasteiger partial charge in [-0.1, -0.05) is 31.5 Å². The summed E-state index contributed by atoms with van der Waals surface area (Å²) in [5, 5.41) is 2.91. The number of nitrogens with one attached hydrogen (secondary N) is 1. The number of aryl methyl sites for hydroxylation is 1. The zero-order chi connectivity index (χ0) is 12.8. The van der Waals surface area contributed by atoms with E-state index in [1.807, 2.05) is 19.1 Å². The molecule has 1 N–H and O–H groups in total. The van der Waals surface area contributed by atoms with E-state index in [0.29, 0.717) is 5.92 Å². The number of rotatable bonds is 5. The monoisotopic (exact) mass is 251 g/mol. The predicted octanol–water partition coefficient (Wildman–Crippen LogP) is 3.25. The second-order valence-electron chi connectivity index (χ2n) is 4.72. The second-order valence-corrected chi connectivity index (χ2v) is 6.13. The summed E-state index contributed by atoms with van der Waals surface area (Å²) in [4.78, 5) is 13.0. The van der Waals surface area contributed by atoms with Crippen LogP contribution >= 0.6 is 11.8 Å². The average molecular weight is 251 g/mol. The molecule has 0 fully saturated rings. The molecule has 1 amide bonds. The van der Waals surface area contributed by atoms with Gasteiger partial charge in [-0.05, 0) is 31.9 Å². The molecule has 0 aliphatic rings. The van der Waals surface area contributed by atoms with Crippen LogP contribution in [0, 0.1) is 12.8 Å². The highest BCUT2D eigenvalue weighted by Crippen LogP contribution is 2.23. The van der Waals surface area contributed by atoms with Crippen LogP contribution in [0.2, 0.25) is 0 Å². The summed E-state index contributed by atoms with van der Waals surface area (Å²) in [6, 6.07) is 8.24. The van der Waals surface area contributed by atoms with Crippen molar-refractivity contribution in [1.29, 1.82) is 0 Å². The molecule has 0 aliphatic heterocycles. The molecule has 0 aliphatic carbocycles. The Bertz CT molecular complexity index is 376. The van der Waals surface area contributed by atoms with Crippen molar-refractivity contribution in [1.82, 2.24) is 5.32 Å². The Morgan fingerprint density at radius 1 is 1.35 bits per heavy atom. The number of amides is 1. The number of carbonyl (C=O) groups excluding carboxylic acids is 1. The minimum Gasteiger partial charge on any atom is -0.355 e. The van der Waals surface area contributed by atoms with E-state index in [2.05, 4.69) is 38.2 Å². The van der Waals surface area contributed by atoms with E-state index >= 15 is 0 Å². The van der Waals surface area contributed by atoms with Crippen LogP contribution in [-0.4, -0.2) is 17.7 Å². The molecule has 0 spiro atoms. The van der Waals surface area contributed by atoms with Crippen molar-refractivity contribution in [3.8, 4) is 0 Å². The third kappa shape index (κ3) is 5.26. The first-order valence-electron chi connectivity index (χ1n) is 6.00. The second kappa shape index (κ2) is 6.70. The Labute approximate surface area is 108 Å². The lowest BCUT2D eigenvalue weighted by molar-refractivity contribution is -0.120. The molecule has 0 saturated carbocycles. The molecular formula is C14H21NOS. The van der Waals surface area contributed by atoms with E-state index in [-0.39, 0.29) is 11.2 Å². The van der Waals surface area contributed by atoms with Crippen molar-refractivity contribution in [2.75, 3.05) is 6.54 Å². The van der Waals surface area contributed by atoms with E-state index < -0.39 is 0 Å². The van der Waals surface area contributed by atoms with Crippen molar-refractivity contribution < 1.29 is 4.79 Å². The lowest BCUT2D eigenvalue weighted by Gasteiger charge is -2.13. The molecule has 0 aromatic heterocycles. The van der Waals surface area contributed by atoms with E-state index in [1.54, 1.807) is 11.8 Å². The van der Waals surface area contributed by atoms with Gasteiger partial charge < -0.3 is 5.32 Å². The maximum atomic E-state index is 11.8. The minimum absolute atomic E-state index is 0.0458.